The van der Waals surface area contributed by atoms with Gasteiger partial charge in [-0.2, -0.15) is 0 Å². The van der Waals surface area contributed by atoms with Crippen LogP contribution in [0.4, 0.5) is 0 Å². The van der Waals surface area contributed by atoms with Crippen LogP contribution in [-0.4, -0.2) is 70.8 Å². The second-order valence-corrected chi connectivity index (χ2v) is 6.61. The molecule has 0 N–H and O–H groups in total. The van der Waals surface area contributed by atoms with E-state index in [0.29, 0.717) is 19.5 Å². The second kappa shape index (κ2) is 7.75. The van der Waals surface area contributed by atoms with Crippen molar-refractivity contribution in [3.63, 3.8) is 0 Å². The van der Waals surface area contributed by atoms with Gasteiger partial charge in [0.05, 0.1) is 11.6 Å². The monoisotopic (exact) mass is 330 g/mol. The van der Waals surface area contributed by atoms with Crippen LogP contribution < -0.4 is 0 Å². The van der Waals surface area contributed by atoms with E-state index in [1.54, 1.807) is 4.90 Å². The SMILES string of the molecule is CCN1C[C@H](C(=O)N2CCCN(Cc3ccccn3)CC2)CC1=O. The highest BCUT2D eigenvalue weighted by atomic mass is 16.2. The molecule has 24 heavy (non-hydrogen) atoms. The summed E-state index contributed by atoms with van der Waals surface area (Å²) in [5, 5.41) is 0. The molecule has 0 aromatic carbocycles. The molecule has 0 radical (unpaired) electrons. The maximum atomic E-state index is 12.7. The van der Waals surface area contributed by atoms with E-state index in [0.717, 1.165) is 44.8 Å². The summed E-state index contributed by atoms with van der Waals surface area (Å²) < 4.78 is 0. The summed E-state index contributed by atoms with van der Waals surface area (Å²) in [4.78, 5) is 35.1. The zero-order chi connectivity index (χ0) is 16.9. The largest absolute Gasteiger partial charge is 0.342 e. The minimum atomic E-state index is -0.153. The fourth-order valence-electron chi connectivity index (χ4n) is 3.57. The molecule has 6 heteroatoms. The number of hydrogen-bond acceptors (Lipinski definition) is 4. The highest BCUT2D eigenvalue weighted by molar-refractivity contribution is 5.89. The van der Waals surface area contributed by atoms with Gasteiger partial charge in [0.25, 0.3) is 0 Å². The predicted molar refractivity (Wildman–Crippen MR) is 91.1 cm³/mol. The number of likely N-dealkylation sites (tertiary alicyclic amines) is 1. The molecular weight excluding hydrogens is 304 g/mol. The number of amides is 2. The first-order valence-electron chi connectivity index (χ1n) is 8.86. The van der Waals surface area contributed by atoms with Crippen molar-refractivity contribution in [1.29, 1.82) is 0 Å². The Labute approximate surface area is 143 Å². The van der Waals surface area contributed by atoms with Gasteiger partial charge in [0.2, 0.25) is 11.8 Å². The zero-order valence-corrected chi connectivity index (χ0v) is 14.4. The third-order valence-corrected chi connectivity index (χ3v) is 4.96. The molecule has 2 saturated heterocycles. The first-order valence-corrected chi connectivity index (χ1v) is 8.86. The van der Waals surface area contributed by atoms with Crippen LogP contribution in [0.5, 0.6) is 0 Å². The Morgan fingerprint density at radius 1 is 1.25 bits per heavy atom. The average molecular weight is 330 g/mol. The summed E-state index contributed by atoms with van der Waals surface area (Å²) in [6.07, 6.45) is 3.16. The van der Waals surface area contributed by atoms with Crippen LogP contribution in [0.15, 0.2) is 24.4 Å². The minimum absolute atomic E-state index is 0.113. The van der Waals surface area contributed by atoms with Crippen LogP contribution in [0.3, 0.4) is 0 Å². The fraction of sp³-hybridized carbons (Fsp3) is 0.611. The average Bonchev–Trinajstić information content (AvgIpc) is 2.83. The lowest BCUT2D eigenvalue weighted by molar-refractivity contribution is -0.135. The lowest BCUT2D eigenvalue weighted by Gasteiger charge is -2.24. The Morgan fingerprint density at radius 3 is 2.83 bits per heavy atom. The summed E-state index contributed by atoms with van der Waals surface area (Å²) in [6.45, 7) is 7.44. The van der Waals surface area contributed by atoms with Crippen LogP contribution in [0.2, 0.25) is 0 Å². The maximum Gasteiger partial charge on any atom is 0.228 e. The number of carbonyl (C=O) groups excluding carboxylic acids is 2. The number of hydrogen-bond donors (Lipinski definition) is 0. The van der Waals surface area contributed by atoms with Crippen molar-refractivity contribution < 1.29 is 9.59 Å². The van der Waals surface area contributed by atoms with E-state index in [9.17, 15) is 9.59 Å². The summed E-state index contributed by atoms with van der Waals surface area (Å²) in [6, 6.07) is 5.97. The number of aromatic nitrogens is 1. The van der Waals surface area contributed by atoms with Crippen molar-refractivity contribution >= 4 is 11.8 Å². The second-order valence-electron chi connectivity index (χ2n) is 6.61. The highest BCUT2D eigenvalue weighted by Crippen LogP contribution is 2.20. The van der Waals surface area contributed by atoms with Crippen molar-refractivity contribution in [2.75, 3.05) is 39.3 Å². The molecule has 0 bridgehead atoms. The molecule has 3 heterocycles. The third kappa shape index (κ3) is 3.93. The molecule has 2 aliphatic heterocycles. The molecule has 6 nitrogen and oxygen atoms in total. The zero-order valence-electron chi connectivity index (χ0n) is 14.4. The molecular formula is C18H26N4O2. The summed E-state index contributed by atoms with van der Waals surface area (Å²) >= 11 is 0. The lowest BCUT2D eigenvalue weighted by atomic mass is 10.1. The van der Waals surface area contributed by atoms with Gasteiger partial charge < -0.3 is 9.80 Å². The van der Waals surface area contributed by atoms with E-state index in [1.807, 2.05) is 36.2 Å². The maximum absolute atomic E-state index is 12.7. The van der Waals surface area contributed by atoms with Gasteiger partial charge in [-0.15, -0.1) is 0 Å². The lowest BCUT2D eigenvalue weighted by Crippen LogP contribution is -2.39. The summed E-state index contributed by atoms with van der Waals surface area (Å²) in [5.74, 6) is 0.112. The van der Waals surface area contributed by atoms with Gasteiger partial charge in [0.15, 0.2) is 0 Å². The van der Waals surface area contributed by atoms with E-state index in [4.69, 9.17) is 0 Å². The van der Waals surface area contributed by atoms with Gasteiger partial charge in [-0.1, -0.05) is 6.07 Å². The van der Waals surface area contributed by atoms with Gasteiger partial charge in [-0.3, -0.25) is 19.5 Å². The Balaban J connectivity index is 1.53. The normalized spacial score (nSPS) is 22.7. The smallest absolute Gasteiger partial charge is 0.228 e. The quantitative estimate of drug-likeness (QED) is 0.826. The highest BCUT2D eigenvalue weighted by Gasteiger charge is 2.36. The van der Waals surface area contributed by atoms with E-state index in [2.05, 4.69) is 9.88 Å². The molecule has 0 saturated carbocycles. The van der Waals surface area contributed by atoms with Crippen LogP contribution in [0.1, 0.15) is 25.5 Å². The summed E-state index contributed by atoms with van der Waals surface area (Å²) in [7, 11) is 0. The van der Waals surface area contributed by atoms with Crippen molar-refractivity contribution in [3.8, 4) is 0 Å². The molecule has 2 fully saturated rings. The molecule has 2 aliphatic rings. The fourth-order valence-corrected chi connectivity index (χ4v) is 3.57. The Bertz CT molecular complexity index is 578. The molecule has 0 unspecified atom stereocenters. The van der Waals surface area contributed by atoms with Gasteiger partial charge in [-0.05, 0) is 25.5 Å². The van der Waals surface area contributed by atoms with Gasteiger partial charge in [0.1, 0.15) is 0 Å². The first-order chi connectivity index (χ1) is 11.7. The standard InChI is InChI=1S/C18H26N4O2/c1-2-21-13-15(12-17(21)23)18(24)22-9-5-8-20(10-11-22)14-16-6-3-4-7-19-16/h3-4,6-7,15H,2,5,8-14H2,1H3/t15-/m1/s1. The van der Waals surface area contributed by atoms with Crippen LogP contribution >= 0.6 is 0 Å². The van der Waals surface area contributed by atoms with E-state index in [1.165, 1.54) is 0 Å². The van der Waals surface area contributed by atoms with Crippen LogP contribution in [0, 0.1) is 5.92 Å². The van der Waals surface area contributed by atoms with Crippen LogP contribution in [0.25, 0.3) is 0 Å². The van der Waals surface area contributed by atoms with Crippen LogP contribution in [-0.2, 0) is 16.1 Å². The van der Waals surface area contributed by atoms with Gasteiger partial charge >= 0.3 is 0 Å². The van der Waals surface area contributed by atoms with E-state index >= 15 is 0 Å². The topological polar surface area (TPSA) is 56.8 Å². The molecule has 0 aliphatic carbocycles. The van der Waals surface area contributed by atoms with Gasteiger partial charge in [-0.25, -0.2) is 0 Å². The molecule has 1 aromatic heterocycles. The first kappa shape index (κ1) is 16.9. The summed E-state index contributed by atoms with van der Waals surface area (Å²) in [5.41, 5.74) is 1.07. The number of nitrogens with zero attached hydrogens (tertiary/aromatic N) is 4. The molecule has 2 amide bonds. The third-order valence-electron chi connectivity index (χ3n) is 4.96. The predicted octanol–water partition coefficient (Wildman–Crippen LogP) is 0.984. The van der Waals surface area contributed by atoms with Crippen molar-refractivity contribution in [2.24, 2.45) is 5.92 Å². The Morgan fingerprint density at radius 2 is 2.12 bits per heavy atom. The minimum Gasteiger partial charge on any atom is -0.342 e. The molecule has 0 spiro atoms. The van der Waals surface area contributed by atoms with Crippen molar-refractivity contribution in [1.82, 2.24) is 19.7 Å². The molecule has 3 rings (SSSR count). The Hall–Kier alpha value is -1.95. The van der Waals surface area contributed by atoms with E-state index in [-0.39, 0.29) is 17.7 Å². The number of carbonyl (C=O) groups is 2. The molecule has 130 valence electrons. The number of rotatable bonds is 4. The van der Waals surface area contributed by atoms with Crippen molar-refractivity contribution in [2.45, 2.75) is 26.3 Å². The van der Waals surface area contributed by atoms with Gasteiger partial charge in [0, 0.05) is 58.4 Å². The number of pyridine rings is 1. The van der Waals surface area contributed by atoms with Crippen molar-refractivity contribution in [3.05, 3.63) is 30.1 Å². The van der Waals surface area contributed by atoms with E-state index < -0.39 is 0 Å². The molecule has 1 atom stereocenters. The molecule has 1 aromatic rings. The Kier molecular flexibility index (Phi) is 5.45.